The van der Waals surface area contributed by atoms with Crippen molar-refractivity contribution >= 4 is 24.0 Å². The minimum atomic E-state index is 0. The maximum atomic E-state index is 6.01. The summed E-state index contributed by atoms with van der Waals surface area (Å²) in [4.78, 5) is 0. The largest absolute Gasteiger partial charge is 0.496 e. The number of ether oxygens (including phenoxy) is 1. The van der Waals surface area contributed by atoms with Gasteiger partial charge in [0.25, 0.3) is 0 Å². The lowest BCUT2D eigenvalue weighted by atomic mass is 10.0. The summed E-state index contributed by atoms with van der Waals surface area (Å²) < 4.78 is 5.23. The van der Waals surface area contributed by atoms with E-state index in [2.05, 4.69) is 6.92 Å². The summed E-state index contributed by atoms with van der Waals surface area (Å²) in [7, 11) is 1.64. The van der Waals surface area contributed by atoms with Crippen LogP contribution in [0.4, 0.5) is 0 Å². The fourth-order valence-corrected chi connectivity index (χ4v) is 1.64. The lowest BCUT2D eigenvalue weighted by Gasteiger charge is -2.15. The molecule has 0 radical (unpaired) electrons. The minimum Gasteiger partial charge on any atom is -0.496 e. The Morgan fingerprint density at radius 3 is 2.67 bits per heavy atom. The van der Waals surface area contributed by atoms with Crippen molar-refractivity contribution in [1.82, 2.24) is 0 Å². The first-order valence-corrected chi connectivity index (χ1v) is 5.15. The van der Waals surface area contributed by atoms with Crippen molar-refractivity contribution in [2.75, 3.05) is 7.11 Å². The van der Waals surface area contributed by atoms with Gasteiger partial charge in [-0.3, -0.25) is 0 Å². The Labute approximate surface area is 102 Å². The SMILES string of the molecule is CCC[C@H](N)c1cc(Cl)ccc1OC.Cl. The molecule has 0 amide bonds. The number of rotatable bonds is 4. The molecular weight excluding hydrogens is 233 g/mol. The Bertz CT molecular complexity index is 305. The third-order valence-corrected chi connectivity index (χ3v) is 2.43. The van der Waals surface area contributed by atoms with Crippen molar-refractivity contribution in [2.45, 2.75) is 25.8 Å². The molecule has 0 aliphatic rings. The zero-order chi connectivity index (χ0) is 10.6. The number of nitrogens with two attached hydrogens (primary N) is 1. The monoisotopic (exact) mass is 249 g/mol. The molecule has 1 aromatic carbocycles. The van der Waals surface area contributed by atoms with Crippen LogP contribution in [-0.4, -0.2) is 7.11 Å². The highest BCUT2D eigenvalue weighted by Gasteiger charge is 2.11. The first-order chi connectivity index (χ1) is 6.69. The molecule has 86 valence electrons. The second kappa shape index (κ2) is 6.94. The Morgan fingerprint density at radius 1 is 1.47 bits per heavy atom. The topological polar surface area (TPSA) is 35.2 Å². The van der Waals surface area contributed by atoms with Crippen LogP contribution < -0.4 is 10.5 Å². The van der Waals surface area contributed by atoms with E-state index < -0.39 is 0 Å². The molecular formula is C11H17Cl2NO. The maximum absolute atomic E-state index is 6.01. The molecule has 1 rings (SSSR count). The molecule has 0 aromatic heterocycles. The Morgan fingerprint density at radius 2 is 2.13 bits per heavy atom. The average molecular weight is 250 g/mol. The molecule has 0 saturated carbocycles. The molecule has 0 aliphatic carbocycles. The van der Waals surface area contributed by atoms with Crippen LogP contribution in [0.2, 0.25) is 5.02 Å². The number of hydrogen-bond donors (Lipinski definition) is 1. The van der Waals surface area contributed by atoms with Crippen molar-refractivity contribution in [3.63, 3.8) is 0 Å². The van der Waals surface area contributed by atoms with Crippen LogP contribution in [0.25, 0.3) is 0 Å². The highest BCUT2D eigenvalue weighted by molar-refractivity contribution is 6.30. The number of methoxy groups -OCH3 is 1. The highest BCUT2D eigenvalue weighted by atomic mass is 35.5. The Hall–Kier alpha value is -0.440. The van der Waals surface area contributed by atoms with Crippen LogP contribution >= 0.6 is 24.0 Å². The summed E-state index contributed by atoms with van der Waals surface area (Å²) in [5, 5.41) is 0.701. The molecule has 0 unspecified atom stereocenters. The molecule has 0 bridgehead atoms. The Kier molecular flexibility index (Phi) is 6.73. The van der Waals surface area contributed by atoms with Gasteiger partial charge in [0, 0.05) is 16.6 Å². The molecule has 0 fully saturated rings. The van der Waals surface area contributed by atoms with Gasteiger partial charge in [0.2, 0.25) is 0 Å². The van der Waals surface area contributed by atoms with Crippen LogP contribution in [-0.2, 0) is 0 Å². The van der Waals surface area contributed by atoms with Gasteiger partial charge in [-0.15, -0.1) is 12.4 Å². The lowest BCUT2D eigenvalue weighted by Crippen LogP contribution is -2.11. The van der Waals surface area contributed by atoms with Crippen molar-refractivity contribution in [3.05, 3.63) is 28.8 Å². The van der Waals surface area contributed by atoms with E-state index in [9.17, 15) is 0 Å². The standard InChI is InChI=1S/C11H16ClNO.ClH/c1-3-4-10(13)9-7-8(12)5-6-11(9)14-2;/h5-7,10H,3-4,13H2,1-2H3;1H/t10-;/m0./s1. The second-order valence-electron chi connectivity index (χ2n) is 3.28. The number of halogens is 2. The lowest BCUT2D eigenvalue weighted by molar-refractivity contribution is 0.404. The normalized spacial score (nSPS) is 11.7. The summed E-state index contributed by atoms with van der Waals surface area (Å²) in [6.45, 7) is 2.11. The summed E-state index contributed by atoms with van der Waals surface area (Å²) in [5.74, 6) is 0.815. The van der Waals surface area contributed by atoms with E-state index in [0.717, 1.165) is 24.2 Å². The van der Waals surface area contributed by atoms with Gasteiger partial charge in [-0.05, 0) is 24.6 Å². The molecule has 2 N–H and O–H groups in total. The van der Waals surface area contributed by atoms with Crippen molar-refractivity contribution in [1.29, 1.82) is 0 Å². The van der Waals surface area contributed by atoms with Gasteiger partial charge in [0.15, 0.2) is 0 Å². The van der Waals surface area contributed by atoms with Crippen molar-refractivity contribution < 1.29 is 4.74 Å². The van der Waals surface area contributed by atoms with E-state index >= 15 is 0 Å². The summed E-state index contributed by atoms with van der Waals surface area (Å²) in [5.41, 5.74) is 7.00. The van der Waals surface area contributed by atoms with E-state index in [4.69, 9.17) is 22.1 Å². The molecule has 15 heavy (non-hydrogen) atoms. The minimum absolute atomic E-state index is 0. The predicted octanol–water partition coefficient (Wildman–Crippen LogP) is 3.57. The zero-order valence-electron chi connectivity index (χ0n) is 9.00. The maximum Gasteiger partial charge on any atom is 0.123 e. The van der Waals surface area contributed by atoms with Crippen LogP contribution in [0, 0.1) is 0 Å². The van der Waals surface area contributed by atoms with Crippen molar-refractivity contribution in [2.24, 2.45) is 5.73 Å². The third kappa shape index (κ3) is 3.90. The van der Waals surface area contributed by atoms with E-state index in [0.29, 0.717) is 5.02 Å². The number of hydrogen-bond acceptors (Lipinski definition) is 2. The van der Waals surface area contributed by atoms with Gasteiger partial charge in [0.05, 0.1) is 7.11 Å². The van der Waals surface area contributed by atoms with Crippen LogP contribution in [0.5, 0.6) is 5.75 Å². The van der Waals surface area contributed by atoms with Gasteiger partial charge in [-0.1, -0.05) is 24.9 Å². The average Bonchev–Trinajstić information content (AvgIpc) is 2.18. The van der Waals surface area contributed by atoms with Crippen LogP contribution in [0.1, 0.15) is 31.4 Å². The summed E-state index contributed by atoms with van der Waals surface area (Å²) in [6, 6.07) is 5.55. The van der Waals surface area contributed by atoms with Crippen molar-refractivity contribution in [3.8, 4) is 5.75 Å². The highest BCUT2D eigenvalue weighted by Crippen LogP contribution is 2.29. The summed E-state index contributed by atoms with van der Waals surface area (Å²) in [6.07, 6.45) is 1.99. The second-order valence-corrected chi connectivity index (χ2v) is 3.72. The molecule has 2 nitrogen and oxygen atoms in total. The van der Waals surface area contributed by atoms with Gasteiger partial charge in [-0.2, -0.15) is 0 Å². The first kappa shape index (κ1) is 14.6. The van der Waals surface area contributed by atoms with E-state index in [1.54, 1.807) is 7.11 Å². The van der Waals surface area contributed by atoms with Gasteiger partial charge in [-0.25, -0.2) is 0 Å². The molecule has 0 heterocycles. The molecule has 0 saturated heterocycles. The third-order valence-electron chi connectivity index (χ3n) is 2.19. The van der Waals surface area contributed by atoms with E-state index in [1.807, 2.05) is 18.2 Å². The molecule has 1 atom stereocenters. The number of benzene rings is 1. The van der Waals surface area contributed by atoms with Crippen LogP contribution in [0.3, 0.4) is 0 Å². The first-order valence-electron chi connectivity index (χ1n) is 4.78. The quantitative estimate of drug-likeness (QED) is 0.886. The van der Waals surface area contributed by atoms with Gasteiger partial charge >= 0.3 is 0 Å². The van der Waals surface area contributed by atoms with E-state index in [-0.39, 0.29) is 18.4 Å². The molecule has 0 spiro atoms. The van der Waals surface area contributed by atoms with Gasteiger partial charge < -0.3 is 10.5 Å². The van der Waals surface area contributed by atoms with Gasteiger partial charge in [0.1, 0.15) is 5.75 Å². The van der Waals surface area contributed by atoms with Crippen LogP contribution in [0.15, 0.2) is 18.2 Å². The molecule has 1 aromatic rings. The smallest absolute Gasteiger partial charge is 0.123 e. The van der Waals surface area contributed by atoms with E-state index in [1.165, 1.54) is 0 Å². The summed E-state index contributed by atoms with van der Waals surface area (Å²) >= 11 is 5.91. The molecule has 4 heteroatoms. The Balaban J connectivity index is 0.00000196. The predicted molar refractivity (Wildman–Crippen MR) is 67.1 cm³/mol. The zero-order valence-corrected chi connectivity index (χ0v) is 10.6. The molecule has 0 aliphatic heterocycles. The fourth-order valence-electron chi connectivity index (χ4n) is 1.46. The fraction of sp³-hybridized carbons (Fsp3) is 0.455.